The number of hydrogen-bond acceptors (Lipinski definition) is 2. The van der Waals surface area contributed by atoms with Crippen LogP contribution < -0.4 is 5.73 Å². The van der Waals surface area contributed by atoms with Crippen molar-refractivity contribution in [3.63, 3.8) is 0 Å². The van der Waals surface area contributed by atoms with Gasteiger partial charge in [-0.15, -0.1) is 0 Å². The molecule has 0 amide bonds. The maximum atomic E-state index is 11.5. The molecular formula is C10H19NO. The summed E-state index contributed by atoms with van der Waals surface area (Å²) in [6.07, 6.45) is 7.55. The molecule has 0 aromatic heterocycles. The molecule has 2 N–H and O–H groups in total. The van der Waals surface area contributed by atoms with Crippen LogP contribution in [0.1, 0.15) is 44.9 Å². The minimum Gasteiger partial charge on any atom is -0.330 e. The SMILES string of the molecule is NCCCC1CCCCCC1=O. The second-order valence-corrected chi connectivity index (χ2v) is 3.69. The van der Waals surface area contributed by atoms with Gasteiger partial charge in [0, 0.05) is 12.3 Å². The van der Waals surface area contributed by atoms with E-state index in [4.69, 9.17) is 5.73 Å². The van der Waals surface area contributed by atoms with Gasteiger partial charge in [-0.1, -0.05) is 12.8 Å². The third kappa shape index (κ3) is 2.94. The minimum absolute atomic E-state index is 0.344. The molecule has 0 saturated heterocycles. The van der Waals surface area contributed by atoms with Crippen LogP contribution in [-0.2, 0) is 4.79 Å². The molecule has 0 aromatic rings. The van der Waals surface area contributed by atoms with Gasteiger partial charge in [0.2, 0.25) is 0 Å². The molecule has 1 rings (SSSR count). The number of Topliss-reactive ketones (excluding diaryl/α,β-unsaturated/α-hetero) is 1. The number of carbonyl (C=O) groups excluding carboxylic acids is 1. The molecule has 1 atom stereocenters. The van der Waals surface area contributed by atoms with Gasteiger partial charge in [-0.25, -0.2) is 0 Å². The van der Waals surface area contributed by atoms with Crippen LogP contribution in [0.2, 0.25) is 0 Å². The van der Waals surface area contributed by atoms with Crippen molar-refractivity contribution in [3.05, 3.63) is 0 Å². The fraction of sp³-hybridized carbons (Fsp3) is 0.900. The molecule has 0 spiro atoms. The van der Waals surface area contributed by atoms with Gasteiger partial charge in [0.25, 0.3) is 0 Å². The predicted octanol–water partition coefficient (Wildman–Crippen LogP) is 1.87. The lowest BCUT2D eigenvalue weighted by molar-refractivity contribution is -0.122. The highest BCUT2D eigenvalue weighted by molar-refractivity contribution is 5.81. The Kier molecular flexibility index (Phi) is 4.30. The number of ketones is 1. The van der Waals surface area contributed by atoms with E-state index in [0.29, 0.717) is 11.7 Å². The quantitative estimate of drug-likeness (QED) is 0.655. The van der Waals surface area contributed by atoms with Crippen LogP contribution in [0.3, 0.4) is 0 Å². The second kappa shape index (κ2) is 5.31. The lowest BCUT2D eigenvalue weighted by atomic mass is 9.94. The average Bonchev–Trinajstić information content (AvgIpc) is 2.27. The van der Waals surface area contributed by atoms with E-state index in [-0.39, 0.29) is 0 Å². The van der Waals surface area contributed by atoms with Crippen LogP contribution in [-0.4, -0.2) is 12.3 Å². The lowest BCUT2D eigenvalue weighted by Gasteiger charge is -2.10. The Morgan fingerprint density at radius 3 is 2.92 bits per heavy atom. The first-order valence-corrected chi connectivity index (χ1v) is 5.07. The molecule has 1 fully saturated rings. The Balaban J connectivity index is 2.31. The first-order chi connectivity index (χ1) is 5.84. The van der Waals surface area contributed by atoms with Gasteiger partial charge in [0.1, 0.15) is 5.78 Å². The molecule has 0 aromatic carbocycles. The monoisotopic (exact) mass is 169 g/mol. The van der Waals surface area contributed by atoms with Crippen molar-refractivity contribution in [2.24, 2.45) is 11.7 Å². The lowest BCUT2D eigenvalue weighted by Crippen LogP contribution is -2.14. The molecular weight excluding hydrogens is 150 g/mol. The van der Waals surface area contributed by atoms with Crippen LogP contribution in [0.5, 0.6) is 0 Å². The number of nitrogens with two attached hydrogens (primary N) is 1. The Morgan fingerprint density at radius 2 is 2.17 bits per heavy atom. The zero-order valence-electron chi connectivity index (χ0n) is 7.72. The summed E-state index contributed by atoms with van der Waals surface area (Å²) in [5.74, 6) is 0.831. The molecule has 0 aliphatic heterocycles. The highest BCUT2D eigenvalue weighted by Crippen LogP contribution is 2.23. The van der Waals surface area contributed by atoms with Crippen molar-refractivity contribution in [3.8, 4) is 0 Å². The van der Waals surface area contributed by atoms with E-state index in [0.717, 1.165) is 38.6 Å². The van der Waals surface area contributed by atoms with Crippen molar-refractivity contribution < 1.29 is 4.79 Å². The molecule has 0 bridgehead atoms. The Morgan fingerprint density at radius 1 is 1.33 bits per heavy atom. The van der Waals surface area contributed by atoms with Crippen molar-refractivity contribution in [2.75, 3.05) is 6.54 Å². The molecule has 12 heavy (non-hydrogen) atoms. The average molecular weight is 169 g/mol. The smallest absolute Gasteiger partial charge is 0.135 e. The largest absolute Gasteiger partial charge is 0.330 e. The zero-order chi connectivity index (χ0) is 8.81. The summed E-state index contributed by atoms with van der Waals surface area (Å²) in [7, 11) is 0. The summed E-state index contributed by atoms with van der Waals surface area (Å²) in [4.78, 5) is 11.5. The van der Waals surface area contributed by atoms with Gasteiger partial charge >= 0.3 is 0 Å². The number of carbonyl (C=O) groups is 1. The normalized spacial score (nSPS) is 25.4. The van der Waals surface area contributed by atoms with Gasteiger partial charge in [-0.3, -0.25) is 4.79 Å². The van der Waals surface area contributed by atoms with Gasteiger partial charge < -0.3 is 5.73 Å². The Bertz CT molecular complexity index is 145. The fourth-order valence-electron chi connectivity index (χ4n) is 1.90. The van der Waals surface area contributed by atoms with Crippen molar-refractivity contribution in [1.29, 1.82) is 0 Å². The minimum atomic E-state index is 0.344. The van der Waals surface area contributed by atoms with E-state index < -0.39 is 0 Å². The maximum Gasteiger partial charge on any atom is 0.135 e. The summed E-state index contributed by atoms with van der Waals surface area (Å²) >= 11 is 0. The van der Waals surface area contributed by atoms with Crippen LogP contribution in [0.15, 0.2) is 0 Å². The molecule has 2 heteroatoms. The van der Waals surface area contributed by atoms with Crippen LogP contribution in [0.25, 0.3) is 0 Å². The van der Waals surface area contributed by atoms with E-state index in [9.17, 15) is 4.79 Å². The number of hydrogen-bond donors (Lipinski definition) is 1. The topological polar surface area (TPSA) is 43.1 Å². The third-order valence-corrected chi connectivity index (χ3v) is 2.69. The van der Waals surface area contributed by atoms with Crippen molar-refractivity contribution in [1.82, 2.24) is 0 Å². The molecule has 2 nitrogen and oxygen atoms in total. The van der Waals surface area contributed by atoms with Crippen molar-refractivity contribution in [2.45, 2.75) is 44.9 Å². The summed E-state index contributed by atoms with van der Waals surface area (Å²) in [5, 5.41) is 0. The van der Waals surface area contributed by atoms with Crippen LogP contribution in [0, 0.1) is 5.92 Å². The standard InChI is InChI=1S/C10H19NO/c11-8-4-6-9-5-2-1-3-7-10(9)12/h9H,1-8,11H2. The van der Waals surface area contributed by atoms with Gasteiger partial charge in [0.05, 0.1) is 0 Å². The Labute approximate surface area is 74.5 Å². The number of rotatable bonds is 3. The summed E-state index contributed by atoms with van der Waals surface area (Å²) in [6, 6.07) is 0. The van der Waals surface area contributed by atoms with Gasteiger partial charge in [-0.05, 0) is 32.2 Å². The van der Waals surface area contributed by atoms with Crippen LogP contribution >= 0.6 is 0 Å². The van der Waals surface area contributed by atoms with Crippen molar-refractivity contribution >= 4 is 5.78 Å². The zero-order valence-corrected chi connectivity index (χ0v) is 7.72. The van der Waals surface area contributed by atoms with E-state index in [1.165, 1.54) is 12.8 Å². The molecule has 1 unspecified atom stereocenters. The first kappa shape index (κ1) is 9.72. The van der Waals surface area contributed by atoms with Gasteiger partial charge in [0.15, 0.2) is 0 Å². The summed E-state index contributed by atoms with van der Waals surface area (Å²) < 4.78 is 0. The third-order valence-electron chi connectivity index (χ3n) is 2.69. The molecule has 0 heterocycles. The predicted molar refractivity (Wildman–Crippen MR) is 49.9 cm³/mol. The highest BCUT2D eigenvalue weighted by Gasteiger charge is 2.19. The molecule has 70 valence electrons. The second-order valence-electron chi connectivity index (χ2n) is 3.69. The molecule has 1 saturated carbocycles. The van der Waals surface area contributed by atoms with E-state index in [1.807, 2.05) is 0 Å². The first-order valence-electron chi connectivity index (χ1n) is 5.07. The summed E-state index contributed by atoms with van der Waals surface area (Å²) in [5.41, 5.74) is 5.42. The van der Waals surface area contributed by atoms with E-state index in [2.05, 4.69) is 0 Å². The summed E-state index contributed by atoms with van der Waals surface area (Å²) in [6.45, 7) is 0.726. The fourth-order valence-corrected chi connectivity index (χ4v) is 1.90. The van der Waals surface area contributed by atoms with E-state index >= 15 is 0 Å². The highest BCUT2D eigenvalue weighted by atomic mass is 16.1. The maximum absolute atomic E-state index is 11.5. The molecule has 1 aliphatic carbocycles. The van der Waals surface area contributed by atoms with Crippen LogP contribution in [0.4, 0.5) is 0 Å². The van der Waals surface area contributed by atoms with Gasteiger partial charge in [-0.2, -0.15) is 0 Å². The Hall–Kier alpha value is -0.370. The molecule has 0 radical (unpaired) electrons. The molecule has 1 aliphatic rings. The van der Waals surface area contributed by atoms with E-state index in [1.54, 1.807) is 0 Å².